The molecule has 0 amide bonds. The first-order valence-electron chi connectivity index (χ1n) is 5.50. The Balaban J connectivity index is 2.60. The second-order valence-electron chi connectivity index (χ2n) is 3.98. The number of nitrogens with one attached hydrogen (secondary N) is 1. The lowest BCUT2D eigenvalue weighted by molar-refractivity contribution is 0.0985. The molecule has 1 aliphatic rings. The molecule has 1 N–H and O–H groups in total. The van der Waals surface area contributed by atoms with Crippen molar-refractivity contribution in [1.29, 1.82) is 0 Å². The quantitative estimate of drug-likeness (QED) is 0.749. The van der Waals surface area contributed by atoms with Crippen LogP contribution in [-0.2, 0) is 12.8 Å². The van der Waals surface area contributed by atoms with E-state index in [1.54, 1.807) is 13.1 Å². The predicted octanol–water partition coefficient (Wildman–Crippen LogP) is 1.85. The Bertz CT molecular complexity index is 445. The molecule has 1 aromatic heterocycles. The van der Waals surface area contributed by atoms with E-state index in [4.69, 9.17) is 0 Å². The van der Waals surface area contributed by atoms with Gasteiger partial charge in [0.05, 0.1) is 5.56 Å². The maximum atomic E-state index is 11.7. The van der Waals surface area contributed by atoms with Crippen molar-refractivity contribution in [3.63, 3.8) is 0 Å². The van der Waals surface area contributed by atoms with E-state index in [2.05, 4.69) is 4.98 Å². The summed E-state index contributed by atoms with van der Waals surface area (Å²) in [4.78, 5) is 26.0. The Morgan fingerprint density at radius 2 is 2.13 bits per heavy atom. The number of ketones is 1. The molecular formula is C12H15NO2. The summed E-state index contributed by atoms with van der Waals surface area (Å²) >= 11 is 0. The molecule has 1 aromatic rings. The topological polar surface area (TPSA) is 49.9 Å². The van der Waals surface area contributed by atoms with Crippen LogP contribution in [0, 0.1) is 0 Å². The van der Waals surface area contributed by atoms with E-state index in [9.17, 15) is 9.59 Å². The van der Waals surface area contributed by atoms with Crippen molar-refractivity contribution in [1.82, 2.24) is 4.98 Å². The molecule has 1 aliphatic carbocycles. The van der Waals surface area contributed by atoms with Gasteiger partial charge in [0.1, 0.15) is 0 Å². The molecular weight excluding hydrogens is 190 g/mol. The standard InChI is InChI=1S/C12H15NO2/c1-2-10(14)11-9-6-4-3-5-8(9)7-13-12(11)15/h7H,2-6H2,1H3,(H,13,15). The fraction of sp³-hybridized carbons (Fsp3) is 0.500. The molecule has 0 saturated heterocycles. The Labute approximate surface area is 88.5 Å². The minimum Gasteiger partial charge on any atom is -0.328 e. The molecule has 1 heterocycles. The van der Waals surface area contributed by atoms with Gasteiger partial charge in [-0.25, -0.2) is 0 Å². The molecule has 0 spiro atoms. The summed E-state index contributed by atoms with van der Waals surface area (Å²) in [6.07, 6.45) is 6.26. The fourth-order valence-electron chi connectivity index (χ4n) is 2.21. The molecule has 3 nitrogen and oxygen atoms in total. The number of rotatable bonds is 2. The van der Waals surface area contributed by atoms with Crippen LogP contribution in [0.25, 0.3) is 0 Å². The van der Waals surface area contributed by atoms with Gasteiger partial charge < -0.3 is 4.98 Å². The highest BCUT2D eigenvalue weighted by Crippen LogP contribution is 2.22. The predicted molar refractivity (Wildman–Crippen MR) is 58.3 cm³/mol. The number of aromatic nitrogens is 1. The van der Waals surface area contributed by atoms with Gasteiger partial charge in [-0.1, -0.05) is 6.92 Å². The zero-order valence-electron chi connectivity index (χ0n) is 8.93. The smallest absolute Gasteiger partial charge is 0.259 e. The number of H-pyrrole nitrogens is 1. The lowest BCUT2D eigenvalue weighted by Crippen LogP contribution is -2.23. The first-order chi connectivity index (χ1) is 7.24. The van der Waals surface area contributed by atoms with Crippen LogP contribution < -0.4 is 5.56 Å². The summed E-state index contributed by atoms with van der Waals surface area (Å²) in [7, 11) is 0. The monoisotopic (exact) mass is 205 g/mol. The average Bonchev–Trinajstić information content (AvgIpc) is 2.28. The van der Waals surface area contributed by atoms with Gasteiger partial charge in [-0.15, -0.1) is 0 Å². The number of carbonyl (C=O) groups is 1. The number of Topliss-reactive ketones (excluding diaryl/α,β-unsaturated/α-hetero) is 1. The molecule has 0 bridgehead atoms. The van der Waals surface area contributed by atoms with E-state index in [-0.39, 0.29) is 11.3 Å². The number of carbonyl (C=O) groups excluding carboxylic acids is 1. The van der Waals surface area contributed by atoms with Crippen LogP contribution in [0.1, 0.15) is 47.7 Å². The number of aryl methyl sites for hydroxylation is 1. The lowest BCUT2D eigenvalue weighted by Gasteiger charge is -2.17. The van der Waals surface area contributed by atoms with Crippen molar-refractivity contribution < 1.29 is 4.79 Å². The Morgan fingerprint density at radius 1 is 1.40 bits per heavy atom. The number of aromatic amines is 1. The van der Waals surface area contributed by atoms with Gasteiger partial charge in [-0.3, -0.25) is 9.59 Å². The maximum Gasteiger partial charge on any atom is 0.259 e. The van der Waals surface area contributed by atoms with E-state index < -0.39 is 0 Å². The van der Waals surface area contributed by atoms with Crippen LogP contribution in [0.4, 0.5) is 0 Å². The van der Waals surface area contributed by atoms with Crippen LogP contribution in [0.5, 0.6) is 0 Å². The first-order valence-corrected chi connectivity index (χ1v) is 5.50. The second kappa shape index (κ2) is 4.01. The molecule has 0 atom stereocenters. The van der Waals surface area contributed by atoms with Gasteiger partial charge in [0.15, 0.2) is 5.78 Å². The third kappa shape index (κ3) is 1.74. The third-order valence-corrected chi connectivity index (χ3v) is 3.02. The summed E-state index contributed by atoms with van der Waals surface area (Å²) in [6.45, 7) is 1.80. The van der Waals surface area contributed by atoms with Gasteiger partial charge in [-0.2, -0.15) is 0 Å². The van der Waals surface area contributed by atoms with Crippen LogP contribution in [0.2, 0.25) is 0 Å². The highest BCUT2D eigenvalue weighted by atomic mass is 16.1. The largest absolute Gasteiger partial charge is 0.328 e. The highest BCUT2D eigenvalue weighted by Gasteiger charge is 2.19. The molecule has 15 heavy (non-hydrogen) atoms. The molecule has 0 unspecified atom stereocenters. The zero-order chi connectivity index (χ0) is 10.8. The minimum atomic E-state index is -0.220. The summed E-state index contributed by atoms with van der Waals surface area (Å²) in [5.74, 6) is -0.0324. The molecule has 0 radical (unpaired) electrons. The van der Waals surface area contributed by atoms with Crippen molar-refractivity contribution in [2.75, 3.05) is 0 Å². The Morgan fingerprint density at radius 3 is 2.87 bits per heavy atom. The molecule has 3 heteroatoms. The first kappa shape index (κ1) is 10.1. The summed E-state index contributed by atoms with van der Waals surface area (Å²) in [5, 5.41) is 0. The van der Waals surface area contributed by atoms with E-state index in [1.165, 1.54) is 0 Å². The van der Waals surface area contributed by atoms with Crippen LogP contribution in [-0.4, -0.2) is 10.8 Å². The van der Waals surface area contributed by atoms with Crippen LogP contribution in [0.3, 0.4) is 0 Å². The van der Waals surface area contributed by atoms with Crippen molar-refractivity contribution in [2.45, 2.75) is 39.0 Å². The Hall–Kier alpha value is -1.38. The molecule has 0 saturated carbocycles. The zero-order valence-corrected chi connectivity index (χ0v) is 8.93. The second-order valence-corrected chi connectivity index (χ2v) is 3.98. The van der Waals surface area contributed by atoms with Crippen LogP contribution >= 0.6 is 0 Å². The normalized spacial score (nSPS) is 14.7. The number of pyridine rings is 1. The molecule has 0 fully saturated rings. The van der Waals surface area contributed by atoms with Gasteiger partial charge in [0.25, 0.3) is 5.56 Å². The van der Waals surface area contributed by atoms with E-state index in [0.29, 0.717) is 12.0 Å². The van der Waals surface area contributed by atoms with Crippen molar-refractivity contribution in [3.8, 4) is 0 Å². The maximum absolute atomic E-state index is 11.7. The molecule has 2 rings (SSSR count). The third-order valence-electron chi connectivity index (χ3n) is 3.02. The lowest BCUT2D eigenvalue weighted by atomic mass is 9.88. The van der Waals surface area contributed by atoms with Crippen molar-refractivity contribution in [2.24, 2.45) is 0 Å². The number of fused-ring (bicyclic) bond motifs is 1. The summed E-state index contributed by atoms with van der Waals surface area (Å²) < 4.78 is 0. The van der Waals surface area contributed by atoms with Gasteiger partial charge in [0, 0.05) is 12.6 Å². The molecule has 0 aliphatic heterocycles. The Kier molecular flexibility index (Phi) is 2.71. The molecule has 0 aromatic carbocycles. The number of hydrogen-bond acceptors (Lipinski definition) is 2. The minimum absolute atomic E-state index is 0.0324. The van der Waals surface area contributed by atoms with E-state index in [0.717, 1.165) is 36.8 Å². The van der Waals surface area contributed by atoms with Gasteiger partial charge in [-0.05, 0) is 36.8 Å². The van der Waals surface area contributed by atoms with Gasteiger partial charge in [0.2, 0.25) is 0 Å². The van der Waals surface area contributed by atoms with Gasteiger partial charge >= 0.3 is 0 Å². The average molecular weight is 205 g/mol. The van der Waals surface area contributed by atoms with Crippen molar-refractivity contribution in [3.05, 3.63) is 33.2 Å². The van der Waals surface area contributed by atoms with Crippen LogP contribution in [0.15, 0.2) is 11.0 Å². The van der Waals surface area contributed by atoms with Crippen molar-refractivity contribution >= 4 is 5.78 Å². The number of hydrogen-bond donors (Lipinski definition) is 1. The van der Waals surface area contributed by atoms with E-state index >= 15 is 0 Å². The summed E-state index contributed by atoms with van der Waals surface area (Å²) in [6, 6.07) is 0. The SMILES string of the molecule is CCC(=O)c1c2c(c[nH]c1=O)CCCC2. The van der Waals surface area contributed by atoms with E-state index in [1.807, 2.05) is 0 Å². The molecule has 80 valence electrons. The summed E-state index contributed by atoms with van der Waals surface area (Å²) in [5.41, 5.74) is 2.34. The fourth-order valence-corrected chi connectivity index (χ4v) is 2.21. The highest BCUT2D eigenvalue weighted by molar-refractivity contribution is 5.97.